The van der Waals surface area contributed by atoms with E-state index in [1.807, 2.05) is 36.4 Å². The monoisotopic (exact) mass is 424 g/mol. The van der Waals surface area contributed by atoms with Crippen molar-refractivity contribution in [2.45, 2.75) is 37.3 Å². The maximum absolute atomic E-state index is 12.5. The topological polar surface area (TPSA) is 65.5 Å². The summed E-state index contributed by atoms with van der Waals surface area (Å²) >= 11 is 1.48. The molecule has 0 spiro atoms. The number of anilines is 1. The van der Waals surface area contributed by atoms with Crippen molar-refractivity contribution in [1.82, 2.24) is 15.2 Å². The van der Waals surface area contributed by atoms with Gasteiger partial charge in [-0.3, -0.25) is 9.59 Å². The number of benzene rings is 1. The summed E-state index contributed by atoms with van der Waals surface area (Å²) < 4.78 is 0. The Morgan fingerprint density at radius 3 is 2.60 bits per heavy atom. The Morgan fingerprint density at radius 2 is 1.83 bits per heavy atom. The van der Waals surface area contributed by atoms with Crippen molar-refractivity contribution in [2.24, 2.45) is 0 Å². The van der Waals surface area contributed by atoms with E-state index in [1.165, 1.54) is 37.4 Å². The van der Waals surface area contributed by atoms with Crippen LogP contribution in [-0.4, -0.2) is 53.6 Å². The lowest BCUT2D eigenvalue weighted by Gasteiger charge is -2.28. The van der Waals surface area contributed by atoms with Gasteiger partial charge in [-0.1, -0.05) is 36.7 Å². The maximum atomic E-state index is 12.5. The molecule has 6 nitrogen and oxygen atoms in total. The minimum Gasteiger partial charge on any atom is -0.351 e. The van der Waals surface area contributed by atoms with Crippen molar-refractivity contribution in [3.8, 4) is 0 Å². The Morgan fingerprint density at radius 1 is 1.07 bits per heavy atom. The molecule has 0 unspecified atom stereocenters. The number of nitrogens with zero attached hydrogens (tertiary/aromatic N) is 3. The lowest BCUT2D eigenvalue weighted by atomic mass is 10.1. The summed E-state index contributed by atoms with van der Waals surface area (Å²) in [4.78, 5) is 33.5. The summed E-state index contributed by atoms with van der Waals surface area (Å²) in [6, 6.07) is 11.3. The normalized spacial score (nSPS) is 17.3. The van der Waals surface area contributed by atoms with Crippen LogP contribution in [0.3, 0.4) is 0 Å². The second-order valence-corrected chi connectivity index (χ2v) is 8.77. The average Bonchev–Trinajstić information content (AvgIpc) is 3.05. The Labute approximate surface area is 182 Å². The fraction of sp³-hybridized carbons (Fsp3) is 0.435. The van der Waals surface area contributed by atoms with Crippen LogP contribution in [0.4, 0.5) is 5.69 Å². The Balaban J connectivity index is 1.31. The lowest BCUT2D eigenvalue weighted by Crippen LogP contribution is -2.35. The summed E-state index contributed by atoms with van der Waals surface area (Å²) in [5, 5.41) is 3.92. The first-order chi connectivity index (χ1) is 14.7. The number of pyridine rings is 1. The van der Waals surface area contributed by atoms with Gasteiger partial charge in [0.05, 0.1) is 18.0 Å². The highest BCUT2D eigenvalue weighted by atomic mass is 32.2. The van der Waals surface area contributed by atoms with Crippen LogP contribution in [-0.2, 0) is 11.3 Å². The highest BCUT2D eigenvalue weighted by molar-refractivity contribution is 8.00. The number of aromatic nitrogens is 1. The van der Waals surface area contributed by atoms with Crippen molar-refractivity contribution >= 4 is 29.3 Å². The third kappa shape index (κ3) is 5.21. The number of thioether (sulfide) groups is 1. The molecule has 2 aromatic rings. The molecule has 1 aromatic carbocycles. The van der Waals surface area contributed by atoms with E-state index in [0.29, 0.717) is 24.4 Å². The van der Waals surface area contributed by atoms with E-state index < -0.39 is 0 Å². The molecule has 158 valence electrons. The van der Waals surface area contributed by atoms with E-state index in [2.05, 4.69) is 15.2 Å². The van der Waals surface area contributed by atoms with Crippen LogP contribution in [0.1, 0.15) is 41.6 Å². The number of amides is 2. The van der Waals surface area contributed by atoms with Crippen LogP contribution < -0.4 is 10.2 Å². The number of fused-ring (bicyclic) bond motifs is 1. The van der Waals surface area contributed by atoms with E-state index >= 15 is 0 Å². The molecule has 1 fully saturated rings. The smallest absolute Gasteiger partial charge is 0.251 e. The highest BCUT2D eigenvalue weighted by Gasteiger charge is 2.25. The van der Waals surface area contributed by atoms with Gasteiger partial charge in [-0.05, 0) is 55.8 Å². The third-order valence-corrected chi connectivity index (χ3v) is 6.62. The first-order valence-corrected chi connectivity index (χ1v) is 11.7. The van der Waals surface area contributed by atoms with Crippen LogP contribution in [0, 0.1) is 0 Å². The van der Waals surface area contributed by atoms with Crippen LogP contribution in [0.5, 0.6) is 0 Å². The molecule has 7 heteroatoms. The van der Waals surface area contributed by atoms with Crippen LogP contribution in [0.15, 0.2) is 47.6 Å². The zero-order valence-electron chi connectivity index (χ0n) is 17.2. The van der Waals surface area contributed by atoms with E-state index in [-0.39, 0.29) is 11.8 Å². The molecular weight excluding hydrogens is 396 g/mol. The molecule has 1 N–H and O–H groups in total. The van der Waals surface area contributed by atoms with Gasteiger partial charge in [0.2, 0.25) is 5.91 Å². The summed E-state index contributed by atoms with van der Waals surface area (Å²) in [5.41, 5.74) is 2.50. The van der Waals surface area contributed by atoms with Gasteiger partial charge in [0.25, 0.3) is 5.91 Å². The van der Waals surface area contributed by atoms with E-state index in [9.17, 15) is 9.59 Å². The second-order valence-electron chi connectivity index (χ2n) is 7.80. The number of hydrogen-bond acceptors (Lipinski definition) is 5. The van der Waals surface area contributed by atoms with Crippen LogP contribution in [0.25, 0.3) is 0 Å². The Hall–Kier alpha value is -2.38. The van der Waals surface area contributed by atoms with E-state index in [4.69, 9.17) is 0 Å². The van der Waals surface area contributed by atoms with Crippen LogP contribution >= 0.6 is 11.8 Å². The predicted octanol–water partition coefficient (Wildman–Crippen LogP) is 3.33. The molecule has 3 heterocycles. The van der Waals surface area contributed by atoms with Gasteiger partial charge >= 0.3 is 0 Å². The first-order valence-electron chi connectivity index (χ1n) is 10.7. The number of likely N-dealkylation sites (tertiary alicyclic amines) is 1. The van der Waals surface area contributed by atoms with Gasteiger partial charge in [0.1, 0.15) is 5.03 Å². The van der Waals surface area contributed by atoms with Crippen molar-refractivity contribution in [1.29, 1.82) is 0 Å². The summed E-state index contributed by atoms with van der Waals surface area (Å²) in [5.74, 6) is 0.439. The van der Waals surface area contributed by atoms with Crippen molar-refractivity contribution in [3.05, 3.63) is 53.7 Å². The number of carbonyl (C=O) groups excluding carboxylic acids is 2. The Bertz CT molecular complexity index is 879. The molecule has 30 heavy (non-hydrogen) atoms. The molecule has 2 amide bonds. The average molecular weight is 425 g/mol. The van der Waals surface area contributed by atoms with Crippen LogP contribution in [0.2, 0.25) is 0 Å². The zero-order valence-corrected chi connectivity index (χ0v) is 18.0. The minimum atomic E-state index is -0.0450. The second kappa shape index (κ2) is 10.1. The lowest BCUT2D eigenvalue weighted by molar-refractivity contribution is -0.116. The van der Waals surface area contributed by atoms with E-state index in [1.54, 1.807) is 11.1 Å². The van der Waals surface area contributed by atoms with Crippen molar-refractivity contribution < 1.29 is 9.59 Å². The highest BCUT2D eigenvalue weighted by Crippen LogP contribution is 2.33. The number of carbonyl (C=O) groups is 2. The molecule has 2 aliphatic rings. The zero-order chi connectivity index (χ0) is 20.8. The molecule has 0 bridgehead atoms. The standard InChI is InChI=1S/C23H28N4O2S/c28-21-17-30-23-20(6-5-11-25-23)27(21)16-18-7-9-19(10-8-18)22(29)24-12-15-26-13-3-1-2-4-14-26/h5-11H,1-4,12-17H2,(H,24,29). The third-order valence-electron chi connectivity index (χ3n) is 5.64. The fourth-order valence-electron chi connectivity index (χ4n) is 3.95. The molecule has 0 saturated carbocycles. The molecule has 0 aliphatic carbocycles. The molecule has 0 radical (unpaired) electrons. The van der Waals surface area contributed by atoms with Gasteiger partial charge in [-0.2, -0.15) is 0 Å². The Kier molecular flexibility index (Phi) is 7.02. The SMILES string of the molecule is O=C(NCCN1CCCCCC1)c1ccc(CN2C(=O)CSc3ncccc32)cc1. The summed E-state index contributed by atoms with van der Waals surface area (Å²) in [6.45, 7) is 4.33. The summed E-state index contributed by atoms with van der Waals surface area (Å²) in [7, 11) is 0. The fourth-order valence-corrected chi connectivity index (χ4v) is 4.83. The molecular formula is C23H28N4O2S. The quantitative estimate of drug-likeness (QED) is 0.771. The largest absolute Gasteiger partial charge is 0.351 e. The molecule has 1 saturated heterocycles. The van der Waals surface area contributed by atoms with Gasteiger partial charge in [-0.15, -0.1) is 0 Å². The molecule has 0 atom stereocenters. The van der Waals surface area contributed by atoms with Crippen molar-refractivity contribution in [3.63, 3.8) is 0 Å². The van der Waals surface area contributed by atoms with Crippen molar-refractivity contribution in [2.75, 3.05) is 36.8 Å². The van der Waals surface area contributed by atoms with Gasteiger partial charge in [0.15, 0.2) is 0 Å². The number of nitrogens with one attached hydrogen (secondary N) is 1. The minimum absolute atomic E-state index is 0.0450. The van der Waals surface area contributed by atoms with E-state index in [0.717, 1.165) is 35.9 Å². The predicted molar refractivity (Wildman–Crippen MR) is 120 cm³/mol. The molecule has 2 aliphatic heterocycles. The number of hydrogen-bond donors (Lipinski definition) is 1. The maximum Gasteiger partial charge on any atom is 0.251 e. The summed E-state index contributed by atoms with van der Waals surface area (Å²) in [6.07, 6.45) is 6.90. The molecule has 1 aromatic heterocycles. The number of rotatable bonds is 6. The van der Waals surface area contributed by atoms with Gasteiger partial charge in [0, 0.05) is 24.8 Å². The van der Waals surface area contributed by atoms with Gasteiger partial charge in [-0.25, -0.2) is 4.98 Å². The molecule has 4 rings (SSSR count). The van der Waals surface area contributed by atoms with Gasteiger partial charge < -0.3 is 15.1 Å². The first kappa shape index (κ1) is 20.9.